The monoisotopic (exact) mass is 258 g/mol. The van der Waals surface area contributed by atoms with Gasteiger partial charge < -0.3 is 10.6 Å². The lowest BCUT2D eigenvalue weighted by molar-refractivity contribution is 0.628. The number of hydrogen-bond donors (Lipinski definition) is 1. The lowest BCUT2D eigenvalue weighted by Gasteiger charge is -2.21. The summed E-state index contributed by atoms with van der Waals surface area (Å²) in [6.45, 7) is 2.16. The molecule has 2 nitrogen and oxygen atoms in total. The SMILES string of the molecule is CCCc1ccc(N(C)c2cc(F)ccc2N)cc1. The van der Waals surface area contributed by atoms with Crippen molar-refractivity contribution in [2.45, 2.75) is 19.8 Å². The zero-order valence-corrected chi connectivity index (χ0v) is 11.4. The molecule has 0 spiro atoms. The minimum absolute atomic E-state index is 0.279. The average Bonchev–Trinajstić information content (AvgIpc) is 2.42. The number of aryl methyl sites for hydroxylation is 1. The summed E-state index contributed by atoms with van der Waals surface area (Å²) in [5.74, 6) is -0.279. The molecule has 100 valence electrons. The molecule has 0 saturated heterocycles. The summed E-state index contributed by atoms with van der Waals surface area (Å²) in [6, 6.07) is 12.7. The van der Waals surface area contributed by atoms with Crippen molar-refractivity contribution in [3.8, 4) is 0 Å². The molecule has 0 fully saturated rings. The summed E-state index contributed by atoms with van der Waals surface area (Å²) in [4.78, 5) is 1.90. The Balaban J connectivity index is 2.27. The number of hydrogen-bond acceptors (Lipinski definition) is 2. The fourth-order valence-electron chi connectivity index (χ4n) is 2.12. The first kappa shape index (κ1) is 13.4. The molecule has 0 aromatic heterocycles. The second-order valence-electron chi connectivity index (χ2n) is 4.68. The highest BCUT2D eigenvalue weighted by Crippen LogP contribution is 2.29. The van der Waals surface area contributed by atoms with Crippen molar-refractivity contribution >= 4 is 17.1 Å². The van der Waals surface area contributed by atoms with Crippen LogP contribution in [0.1, 0.15) is 18.9 Å². The zero-order chi connectivity index (χ0) is 13.8. The van der Waals surface area contributed by atoms with E-state index in [9.17, 15) is 4.39 Å². The number of halogens is 1. The van der Waals surface area contributed by atoms with Gasteiger partial charge in [-0.2, -0.15) is 0 Å². The highest BCUT2D eigenvalue weighted by Gasteiger charge is 2.08. The van der Waals surface area contributed by atoms with Crippen LogP contribution < -0.4 is 10.6 Å². The van der Waals surface area contributed by atoms with Crippen LogP contribution in [0, 0.1) is 5.82 Å². The fraction of sp³-hybridized carbons (Fsp3) is 0.250. The van der Waals surface area contributed by atoms with Crippen LogP contribution in [0.15, 0.2) is 42.5 Å². The summed E-state index contributed by atoms with van der Waals surface area (Å²) in [5.41, 5.74) is 9.46. The van der Waals surface area contributed by atoms with Crippen LogP contribution in [-0.4, -0.2) is 7.05 Å². The summed E-state index contributed by atoms with van der Waals surface area (Å²) in [5, 5.41) is 0. The third-order valence-corrected chi connectivity index (χ3v) is 3.22. The van der Waals surface area contributed by atoms with Gasteiger partial charge in [-0.05, 0) is 42.3 Å². The molecule has 19 heavy (non-hydrogen) atoms. The highest BCUT2D eigenvalue weighted by molar-refractivity contribution is 5.74. The van der Waals surface area contributed by atoms with Crippen molar-refractivity contribution in [2.75, 3.05) is 17.7 Å². The summed E-state index contributed by atoms with van der Waals surface area (Å²) in [7, 11) is 1.89. The number of nitrogens with two attached hydrogens (primary N) is 1. The highest BCUT2D eigenvalue weighted by atomic mass is 19.1. The molecule has 0 aliphatic heterocycles. The van der Waals surface area contributed by atoms with Crippen LogP contribution in [0.4, 0.5) is 21.5 Å². The predicted octanol–water partition coefficient (Wildman–Crippen LogP) is 4.13. The van der Waals surface area contributed by atoms with Crippen LogP contribution in [0.2, 0.25) is 0 Å². The van der Waals surface area contributed by atoms with Crippen LogP contribution in [0.3, 0.4) is 0 Å². The molecule has 0 heterocycles. The van der Waals surface area contributed by atoms with Gasteiger partial charge in [-0.3, -0.25) is 0 Å². The standard InChI is InChI=1S/C16H19FN2/c1-3-4-12-5-8-14(9-6-12)19(2)16-11-13(17)7-10-15(16)18/h5-11H,3-4,18H2,1-2H3. The van der Waals surface area contributed by atoms with E-state index >= 15 is 0 Å². The molecular formula is C16H19FN2. The van der Waals surface area contributed by atoms with Crippen molar-refractivity contribution in [1.29, 1.82) is 0 Å². The first-order valence-corrected chi connectivity index (χ1v) is 6.49. The van der Waals surface area contributed by atoms with Gasteiger partial charge in [0.15, 0.2) is 0 Å². The lowest BCUT2D eigenvalue weighted by atomic mass is 10.1. The van der Waals surface area contributed by atoms with E-state index < -0.39 is 0 Å². The number of benzene rings is 2. The Hall–Kier alpha value is -2.03. The molecule has 0 aliphatic rings. The Bertz CT molecular complexity index is 549. The quantitative estimate of drug-likeness (QED) is 0.835. The minimum atomic E-state index is -0.279. The predicted molar refractivity (Wildman–Crippen MR) is 79.3 cm³/mol. The average molecular weight is 258 g/mol. The molecule has 0 saturated carbocycles. The van der Waals surface area contributed by atoms with Crippen LogP contribution >= 0.6 is 0 Å². The molecule has 0 amide bonds. The van der Waals surface area contributed by atoms with E-state index in [1.807, 2.05) is 24.1 Å². The topological polar surface area (TPSA) is 29.3 Å². The molecule has 2 aromatic carbocycles. The molecule has 2 N–H and O–H groups in total. The van der Waals surface area contributed by atoms with E-state index in [1.165, 1.54) is 17.7 Å². The molecule has 2 rings (SSSR count). The second-order valence-corrected chi connectivity index (χ2v) is 4.68. The fourth-order valence-corrected chi connectivity index (χ4v) is 2.12. The summed E-state index contributed by atoms with van der Waals surface area (Å²) >= 11 is 0. The Morgan fingerprint density at radius 2 is 1.79 bits per heavy atom. The number of anilines is 3. The Morgan fingerprint density at radius 3 is 2.42 bits per heavy atom. The van der Waals surface area contributed by atoms with E-state index in [2.05, 4.69) is 19.1 Å². The molecule has 0 unspecified atom stereocenters. The van der Waals surface area contributed by atoms with Gasteiger partial charge in [0.2, 0.25) is 0 Å². The molecule has 0 aliphatic carbocycles. The number of nitrogens with zero attached hydrogens (tertiary/aromatic N) is 1. The van der Waals surface area contributed by atoms with Crippen LogP contribution in [-0.2, 0) is 6.42 Å². The third kappa shape index (κ3) is 3.05. The third-order valence-electron chi connectivity index (χ3n) is 3.22. The van der Waals surface area contributed by atoms with Crippen molar-refractivity contribution in [3.63, 3.8) is 0 Å². The second kappa shape index (κ2) is 5.74. The maximum Gasteiger partial charge on any atom is 0.125 e. The van der Waals surface area contributed by atoms with Gasteiger partial charge in [-0.15, -0.1) is 0 Å². The van der Waals surface area contributed by atoms with Crippen LogP contribution in [0.5, 0.6) is 0 Å². The zero-order valence-electron chi connectivity index (χ0n) is 11.4. The number of nitrogen functional groups attached to an aromatic ring is 1. The van der Waals surface area contributed by atoms with Gasteiger partial charge in [-0.1, -0.05) is 25.5 Å². The Kier molecular flexibility index (Phi) is 4.05. The summed E-state index contributed by atoms with van der Waals surface area (Å²) < 4.78 is 13.3. The van der Waals surface area contributed by atoms with E-state index in [4.69, 9.17) is 5.73 Å². The van der Waals surface area contributed by atoms with E-state index in [1.54, 1.807) is 6.07 Å². The first-order chi connectivity index (χ1) is 9.11. The van der Waals surface area contributed by atoms with Gasteiger partial charge in [0.25, 0.3) is 0 Å². The van der Waals surface area contributed by atoms with Crippen molar-refractivity contribution in [3.05, 3.63) is 53.8 Å². The molecule has 0 radical (unpaired) electrons. The van der Waals surface area contributed by atoms with Gasteiger partial charge in [0.1, 0.15) is 5.82 Å². The first-order valence-electron chi connectivity index (χ1n) is 6.49. The van der Waals surface area contributed by atoms with Crippen molar-refractivity contribution < 1.29 is 4.39 Å². The minimum Gasteiger partial charge on any atom is -0.397 e. The maximum atomic E-state index is 13.3. The van der Waals surface area contributed by atoms with E-state index in [0.717, 1.165) is 18.5 Å². The van der Waals surface area contributed by atoms with Gasteiger partial charge in [0.05, 0.1) is 11.4 Å². The summed E-state index contributed by atoms with van der Waals surface area (Å²) in [6.07, 6.45) is 2.21. The van der Waals surface area contributed by atoms with Gasteiger partial charge in [0, 0.05) is 12.7 Å². The smallest absolute Gasteiger partial charge is 0.125 e. The Labute approximate surface area is 113 Å². The maximum absolute atomic E-state index is 13.3. The van der Waals surface area contributed by atoms with Crippen molar-refractivity contribution in [1.82, 2.24) is 0 Å². The molecule has 2 aromatic rings. The Morgan fingerprint density at radius 1 is 1.11 bits per heavy atom. The molecular weight excluding hydrogens is 239 g/mol. The molecule has 0 atom stereocenters. The van der Waals surface area contributed by atoms with E-state index in [-0.39, 0.29) is 5.82 Å². The largest absolute Gasteiger partial charge is 0.397 e. The van der Waals surface area contributed by atoms with E-state index in [0.29, 0.717) is 11.4 Å². The lowest BCUT2D eigenvalue weighted by Crippen LogP contribution is -2.11. The number of rotatable bonds is 4. The molecule has 0 bridgehead atoms. The van der Waals surface area contributed by atoms with Gasteiger partial charge >= 0.3 is 0 Å². The van der Waals surface area contributed by atoms with Gasteiger partial charge in [-0.25, -0.2) is 4.39 Å². The van der Waals surface area contributed by atoms with Crippen molar-refractivity contribution in [2.24, 2.45) is 0 Å². The molecule has 3 heteroatoms. The normalized spacial score (nSPS) is 10.5. The van der Waals surface area contributed by atoms with Crippen LogP contribution in [0.25, 0.3) is 0 Å².